The number of nitrogens with one attached hydrogen (secondary N) is 1. The number of carbonyl (C=O) groups is 3. The third-order valence-electron chi connectivity index (χ3n) is 4.92. The van der Waals surface area contributed by atoms with Gasteiger partial charge in [-0.1, -0.05) is 11.6 Å². The van der Waals surface area contributed by atoms with E-state index in [0.29, 0.717) is 12.6 Å². The number of piperidine rings is 1. The number of carboxylic acids is 3. The fourth-order valence-corrected chi connectivity index (χ4v) is 3.36. The van der Waals surface area contributed by atoms with Crippen molar-refractivity contribution < 1.29 is 39.6 Å². The number of pyridine rings is 1. The van der Waals surface area contributed by atoms with Crippen molar-refractivity contribution in [3.05, 3.63) is 30.1 Å². The van der Waals surface area contributed by atoms with Gasteiger partial charge < -0.3 is 35.5 Å². The summed E-state index contributed by atoms with van der Waals surface area (Å²) in [4.78, 5) is 42.5. The number of amidine groups is 1. The van der Waals surface area contributed by atoms with E-state index >= 15 is 0 Å². The van der Waals surface area contributed by atoms with Crippen LogP contribution in [-0.4, -0.2) is 91.9 Å². The molecule has 0 spiro atoms. The minimum Gasteiger partial charge on any atom is -0.481 e. The van der Waals surface area contributed by atoms with E-state index in [1.54, 1.807) is 12.4 Å². The molecule has 1 saturated heterocycles. The third kappa shape index (κ3) is 8.12. The summed E-state index contributed by atoms with van der Waals surface area (Å²) in [5, 5.41) is 41.4. The van der Waals surface area contributed by atoms with Crippen LogP contribution in [-0.2, 0) is 19.2 Å². The molecule has 0 saturated carbocycles. The Kier molecular flexibility index (Phi) is 9.35. The Morgan fingerprint density at radius 1 is 1.12 bits per heavy atom. The molecular formula is C20H28N4O8. The van der Waals surface area contributed by atoms with Gasteiger partial charge in [-0.15, -0.1) is 0 Å². The van der Waals surface area contributed by atoms with Gasteiger partial charge in [0, 0.05) is 24.5 Å². The maximum Gasteiger partial charge on any atom is 0.336 e. The second kappa shape index (κ2) is 12.0. The van der Waals surface area contributed by atoms with Gasteiger partial charge >= 0.3 is 17.9 Å². The first-order chi connectivity index (χ1) is 15.2. The number of carboxylic acid groups (broad SMARTS) is 3. The molecule has 5 N–H and O–H groups in total. The second-order valence-corrected chi connectivity index (χ2v) is 7.66. The van der Waals surface area contributed by atoms with Crippen LogP contribution >= 0.6 is 0 Å². The number of aromatic nitrogens is 1. The molecule has 176 valence electrons. The van der Waals surface area contributed by atoms with Crippen molar-refractivity contribution in [3.63, 3.8) is 0 Å². The number of likely N-dealkylation sites (tertiary alicyclic amines) is 1. The van der Waals surface area contributed by atoms with Gasteiger partial charge in [0.15, 0.2) is 11.4 Å². The fourth-order valence-electron chi connectivity index (χ4n) is 3.36. The van der Waals surface area contributed by atoms with Gasteiger partial charge in [0.1, 0.15) is 6.61 Å². The highest BCUT2D eigenvalue weighted by Crippen LogP contribution is 2.15. The second-order valence-electron chi connectivity index (χ2n) is 7.66. The van der Waals surface area contributed by atoms with Crippen molar-refractivity contribution in [2.75, 3.05) is 26.2 Å². The zero-order chi connectivity index (χ0) is 23.6. The van der Waals surface area contributed by atoms with E-state index in [0.717, 1.165) is 17.9 Å². The highest BCUT2D eigenvalue weighted by molar-refractivity contribution is 5.98. The first kappa shape index (κ1) is 25.0. The Morgan fingerprint density at radius 2 is 1.78 bits per heavy atom. The molecule has 3 rings (SSSR count). The average molecular weight is 452 g/mol. The molecule has 32 heavy (non-hydrogen) atoms. The molecule has 0 aromatic carbocycles. The summed E-state index contributed by atoms with van der Waals surface area (Å²) in [6.07, 6.45) is 5.28. The third-order valence-corrected chi connectivity index (χ3v) is 4.92. The largest absolute Gasteiger partial charge is 0.481 e. The van der Waals surface area contributed by atoms with Crippen molar-refractivity contribution in [1.29, 1.82) is 0 Å². The van der Waals surface area contributed by atoms with E-state index in [1.807, 2.05) is 12.1 Å². The predicted molar refractivity (Wildman–Crippen MR) is 111 cm³/mol. The lowest BCUT2D eigenvalue weighted by Gasteiger charge is -2.32. The summed E-state index contributed by atoms with van der Waals surface area (Å²) in [6, 6.07) is 4.21. The summed E-state index contributed by atoms with van der Waals surface area (Å²) in [6.45, 7) is 4.08. The molecule has 12 nitrogen and oxygen atoms in total. The van der Waals surface area contributed by atoms with Crippen molar-refractivity contribution >= 4 is 23.7 Å². The van der Waals surface area contributed by atoms with Gasteiger partial charge in [0.05, 0.1) is 18.9 Å². The van der Waals surface area contributed by atoms with Gasteiger partial charge in [-0.05, 0) is 38.1 Å². The van der Waals surface area contributed by atoms with Crippen molar-refractivity contribution in [3.8, 4) is 0 Å². The SMILES string of the molecule is O=C(O)CC(O)(CC(=O)O)C(=O)O.c1cncc(C2=NOCC(CN3CCCCC3)N2)c1. The van der Waals surface area contributed by atoms with Gasteiger partial charge in [-0.3, -0.25) is 14.6 Å². The number of rotatable bonds is 8. The van der Waals surface area contributed by atoms with Crippen LogP contribution in [0.4, 0.5) is 0 Å². The van der Waals surface area contributed by atoms with E-state index in [4.69, 9.17) is 25.3 Å². The minimum atomic E-state index is -2.74. The molecule has 0 aliphatic carbocycles. The number of nitrogens with zero attached hydrogens (tertiary/aromatic N) is 3. The van der Waals surface area contributed by atoms with Crippen LogP contribution in [0.5, 0.6) is 0 Å². The summed E-state index contributed by atoms with van der Waals surface area (Å²) >= 11 is 0. The van der Waals surface area contributed by atoms with Gasteiger partial charge in [-0.25, -0.2) is 4.79 Å². The maximum atomic E-state index is 10.3. The van der Waals surface area contributed by atoms with Gasteiger partial charge in [-0.2, -0.15) is 0 Å². The molecule has 3 heterocycles. The summed E-state index contributed by atoms with van der Waals surface area (Å²) in [5.41, 5.74) is -1.76. The fraction of sp³-hybridized carbons (Fsp3) is 0.550. The standard InChI is InChI=1S/C14H20N4O.C6H8O7/c1-2-7-18(8-3-1)10-13-11-19-17-14(16-13)12-5-4-6-15-9-12;7-3(8)1-6(13,5(11)12)2-4(9)10/h4-6,9,13H,1-3,7-8,10-11H2,(H,16,17);13H,1-2H2,(H,7,8)(H,9,10)(H,11,12). The number of oxime groups is 1. The monoisotopic (exact) mass is 452 g/mol. The molecule has 0 amide bonds. The maximum absolute atomic E-state index is 10.3. The lowest BCUT2D eigenvalue weighted by molar-refractivity contribution is -0.170. The molecular weight excluding hydrogens is 424 g/mol. The molecule has 0 bridgehead atoms. The Bertz CT molecular complexity index is 795. The quantitative estimate of drug-likeness (QED) is 0.357. The average Bonchev–Trinajstić information content (AvgIpc) is 2.74. The zero-order valence-corrected chi connectivity index (χ0v) is 17.5. The van der Waals surface area contributed by atoms with E-state index in [9.17, 15) is 14.4 Å². The van der Waals surface area contributed by atoms with Crippen LogP contribution in [0, 0.1) is 0 Å². The molecule has 1 aromatic rings. The van der Waals surface area contributed by atoms with Crippen molar-refractivity contribution in [2.24, 2.45) is 5.16 Å². The highest BCUT2D eigenvalue weighted by Gasteiger charge is 2.40. The van der Waals surface area contributed by atoms with E-state index < -0.39 is 36.4 Å². The van der Waals surface area contributed by atoms with Crippen LogP contribution < -0.4 is 5.32 Å². The minimum absolute atomic E-state index is 0.311. The van der Waals surface area contributed by atoms with Crippen LogP contribution in [0.2, 0.25) is 0 Å². The topological polar surface area (TPSA) is 182 Å². The van der Waals surface area contributed by atoms with Crippen LogP contribution in [0.1, 0.15) is 37.7 Å². The number of hydrogen-bond donors (Lipinski definition) is 5. The summed E-state index contributed by atoms with van der Waals surface area (Å²) in [7, 11) is 0. The Morgan fingerprint density at radius 3 is 2.31 bits per heavy atom. The first-order valence-corrected chi connectivity index (χ1v) is 10.2. The highest BCUT2D eigenvalue weighted by atomic mass is 16.6. The smallest absolute Gasteiger partial charge is 0.336 e. The molecule has 1 aromatic heterocycles. The van der Waals surface area contributed by atoms with E-state index in [2.05, 4.69) is 20.4 Å². The number of hydrogen-bond acceptors (Lipinski definition) is 9. The summed E-state index contributed by atoms with van der Waals surface area (Å²) in [5.74, 6) is -4.23. The van der Waals surface area contributed by atoms with E-state index in [1.165, 1.54) is 32.4 Å². The molecule has 1 unspecified atom stereocenters. The Labute approximate surface area is 184 Å². The molecule has 2 aliphatic heterocycles. The molecule has 2 aliphatic rings. The Balaban J connectivity index is 0.000000247. The van der Waals surface area contributed by atoms with Crippen molar-refractivity contribution in [2.45, 2.75) is 43.7 Å². The van der Waals surface area contributed by atoms with E-state index in [-0.39, 0.29) is 0 Å². The lowest BCUT2D eigenvalue weighted by atomic mass is 9.96. The molecule has 12 heteroatoms. The van der Waals surface area contributed by atoms with Crippen molar-refractivity contribution in [1.82, 2.24) is 15.2 Å². The Hall–Kier alpha value is -3.25. The zero-order valence-electron chi connectivity index (χ0n) is 17.5. The van der Waals surface area contributed by atoms with Crippen LogP contribution in [0.15, 0.2) is 29.7 Å². The number of aliphatic carboxylic acids is 3. The molecule has 1 fully saturated rings. The molecule has 0 radical (unpaired) electrons. The first-order valence-electron chi connectivity index (χ1n) is 10.2. The molecule has 1 atom stereocenters. The lowest BCUT2D eigenvalue weighted by Crippen LogP contribution is -2.49. The predicted octanol–water partition coefficient (Wildman–Crippen LogP) is -0.0310. The normalized spacial score (nSPS) is 18.8. The number of aliphatic hydroxyl groups is 1. The van der Waals surface area contributed by atoms with Crippen LogP contribution in [0.3, 0.4) is 0 Å². The van der Waals surface area contributed by atoms with Gasteiger partial charge in [0.2, 0.25) is 0 Å². The summed E-state index contributed by atoms with van der Waals surface area (Å²) < 4.78 is 0. The van der Waals surface area contributed by atoms with Crippen LogP contribution in [0.25, 0.3) is 0 Å². The van der Waals surface area contributed by atoms with Gasteiger partial charge in [0.25, 0.3) is 0 Å².